The number of hydrogen-bond donors (Lipinski definition) is 0. The Labute approximate surface area is 176 Å². The first-order chi connectivity index (χ1) is 13.4. The number of carbonyl (C=O) groups is 2. The Morgan fingerprint density at radius 2 is 1.96 bits per heavy atom. The van der Waals surface area contributed by atoms with Gasteiger partial charge in [-0.05, 0) is 49.3 Å². The summed E-state index contributed by atoms with van der Waals surface area (Å²) in [6.07, 6.45) is 1.63. The molecule has 1 aromatic heterocycles. The summed E-state index contributed by atoms with van der Waals surface area (Å²) in [6.45, 7) is 6.36. The fourth-order valence-corrected chi connectivity index (χ4v) is 4.75. The zero-order valence-corrected chi connectivity index (χ0v) is 18.2. The molecule has 1 aliphatic rings. The average Bonchev–Trinajstić information content (AvgIpc) is 3.19. The van der Waals surface area contributed by atoms with Crippen molar-refractivity contribution in [1.82, 2.24) is 9.80 Å². The van der Waals surface area contributed by atoms with E-state index < -0.39 is 5.38 Å². The molecule has 0 saturated heterocycles. The molecular weight excluding hydrogens is 392 g/mol. The molecule has 3 atom stereocenters. The molecule has 0 N–H and O–H groups in total. The minimum atomic E-state index is -0.642. The van der Waals surface area contributed by atoms with Gasteiger partial charge in [-0.25, -0.2) is 0 Å². The summed E-state index contributed by atoms with van der Waals surface area (Å²) in [7, 11) is 0. The molecule has 0 bridgehead atoms. The van der Waals surface area contributed by atoms with Gasteiger partial charge in [-0.3, -0.25) is 9.59 Å². The largest absolute Gasteiger partial charge is 0.330 e. The minimum Gasteiger partial charge on any atom is -0.330 e. The van der Waals surface area contributed by atoms with Crippen LogP contribution < -0.4 is 0 Å². The molecule has 28 heavy (non-hydrogen) atoms. The minimum absolute atomic E-state index is 0.0309. The molecule has 0 fully saturated rings. The third kappa shape index (κ3) is 4.26. The van der Waals surface area contributed by atoms with E-state index >= 15 is 0 Å². The van der Waals surface area contributed by atoms with Crippen LogP contribution in [0.1, 0.15) is 49.2 Å². The Bertz CT molecular complexity index is 821. The number of alkyl halides is 1. The highest BCUT2D eigenvalue weighted by atomic mass is 35.5. The Morgan fingerprint density at radius 1 is 1.25 bits per heavy atom. The van der Waals surface area contributed by atoms with Gasteiger partial charge in [-0.15, -0.1) is 22.9 Å². The fraction of sp³-hybridized carbons (Fsp3) is 0.455. The van der Waals surface area contributed by atoms with Crippen LogP contribution in [-0.2, 0) is 16.0 Å². The van der Waals surface area contributed by atoms with Gasteiger partial charge in [0, 0.05) is 17.5 Å². The van der Waals surface area contributed by atoms with E-state index in [2.05, 4.69) is 23.6 Å². The normalized spacial score (nSPS) is 18.3. The molecule has 0 radical (unpaired) electrons. The van der Waals surface area contributed by atoms with Gasteiger partial charge in [-0.2, -0.15) is 0 Å². The summed E-state index contributed by atoms with van der Waals surface area (Å²) in [5, 5.41) is 1.45. The van der Waals surface area contributed by atoms with E-state index in [0.29, 0.717) is 6.54 Å². The molecule has 0 unspecified atom stereocenters. The number of nitrogens with zero attached hydrogens (tertiary/aromatic N) is 2. The zero-order valence-electron chi connectivity index (χ0n) is 16.6. The molecule has 0 saturated carbocycles. The van der Waals surface area contributed by atoms with E-state index in [1.54, 1.807) is 23.2 Å². The summed E-state index contributed by atoms with van der Waals surface area (Å²) < 4.78 is 0. The standard InChI is InChI=1S/C22H27ClN2O2S/c1-4-15(2)25(22(27)16(3)23)14-20(26)24-12-10-19-18(11-13-28-19)21(24)17-8-6-5-7-9-17/h5-9,11,13,15-16,21H,4,10,12,14H2,1-3H3/t15-,16+,21-/m0/s1. The van der Waals surface area contributed by atoms with E-state index in [4.69, 9.17) is 11.6 Å². The summed E-state index contributed by atoms with van der Waals surface area (Å²) in [5.74, 6) is -0.217. The molecule has 2 heterocycles. The second-order valence-corrected chi connectivity index (χ2v) is 8.94. The summed E-state index contributed by atoms with van der Waals surface area (Å²) in [4.78, 5) is 30.8. The molecule has 0 aliphatic carbocycles. The second-order valence-electron chi connectivity index (χ2n) is 7.29. The first kappa shape index (κ1) is 20.9. The van der Waals surface area contributed by atoms with Crippen LogP contribution in [0.4, 0.5) is 0 Å². The van der Waals surface area contributed by atoms with E-state index in [1.165, 1.54) is 10.4 Å². The lowest BCUT2D eigenvalue weighted by Gasteiger charge is -2.38. The molecule has 3 rings (SSSR count). The van der Waals surface area contributed by atoms with E-state index in [0.717, 1.165) is 18.4 Å². The van der Waals surface area contributed by atoms with Crippen LogP contribution in [0.2, 0.25) is 0 Å². The smallest absolute Gasteiger partial charge is 0.243 e. The van der Waals surface area contributed by atoms with E-state index in [9.17, 15) is 9.59 Å². The van der Waals surface area contributed by atoms with Gasteiger partial charge in [0.05, 0.1) is 6.04 Å². The lowest BCUT2D eigenvalue weighted by molar-refractivity contribution is -0.143. The Morgan fingerprint density at radius 3 is 2.61 bits per heavy atom. The van der Waals surface area contributed by atoms with Crippen molar-refractivity contribution in [2.24, 2.45) is 0 Å². The maximum absolute atomic E-state index is 13.4. The zero-order chi connectivity index (χ0) is 20.3. The molecule has 6 heteroatoms. The highest BCUT2D eigenvalue weighted by molar-refractivity contribution is 7.10. The number of fused-ring (bicyclic) bond motifs is 1. The topological polar surface area (TPSA) is 40.6 Å². The van der Waals surface area contributed by atoms with Crippen molar-refractivity contribution in [2.75, 3.05) is 13.1 Å². The first-order valence-corrected chi connectivity index (χ1v) is 11.1. The molecule has 0 spiro atoms. The number of carbonyl (C=O) groups excluding carboxylic acids is 2. The van der Waals surface area contributed by atoms with Crippen molar-refractivity contribution in [3.05, 3.63) is 57.8 Å². The Kier molecular flexibility index (Phi) is 6.78. The van der Waals surface area contributed by atoms with Crippen LogP contribution in [-0.4, -0.2) is 46.1 Å². The molecule has 2 amide bonds. The monoisotopic (exact) mass is 418 g/mol. The summed E-state index contributed by atoms with van der Waals surface area (Å²) in [5.41, 5.74) is 2.30. The van der Waals surface area contributed by atoms with Gasteiger partial charge < -0.3 is 9.80 Å². The van der Waals surface area contributed by atoms with Crippen LogP contribution >= 0.6 is 22.9 Å². The molecule has 1 aliphatic heterocycles. The summed E-state index contributed by atoms with van der Waals surface area (Å²) >= 11 is 7.80. The van der Waals surface area contributed by atoms with Gasteiger partial charge in [0.15, 0.2) is 0 Å². The van der Waals surface area contributed by atoms with Gasteiger partial charge in [0.1, 0.15) is 11.9 Å². The lowest BCUT2D eigenvalue weighted by Crippen LogP contribution is -2.50. The van der Waals surface area contributed by atoms with Crippen molar-refractivity contribution >= 4 is 34.8 Å². The van der Waals surface area contributed by atoms with Gasteiger partial charge in [-0.1, -0.05) is 37.3 Å². The predicted molar refractivity (Wildman–Crippen MR) is 115 cm³/mol. The summed E-state index contributed by atoms with van der Waals surface area (Å²) in [6, 6.07) is 12.1. The van der Waals surface area contributed by atoms with Gasteiger partial charge >= 0.3 is 0 Å². The van der Waals surface area contributed by atoms with Crippen LogP contribution in [0.5, 0.6) is 0 Å². The maximum atomic E-state index is 13.4. The highest BCUT2D eigenvalue weighted by Crippen LogP contribution is 2.37. The van der Waals surface area contributed by atoms with E-state index in [1.807, 2.05) is 36.9 Å². The third-order valence-corrected chi connectivity index (χ3v) is 6.64. The van der Waals surface area contributed by atoms with Crippen LogP contribution in [0.25, 0.3) is 0 Å². The molecular formula is C22H27ClN2O2S. The molecule has 4 nitrogen and oxygen atoms in total. The number of thiophene rings is 1. The molecule has 2 aromatic rings. The van der Waals surface area contributed by atoms with Crippen molar-refractivity contribution in [1.29, 1.82) is 0 Å². The van der Waals surface area contributed by atoms with Crippen molar-refractivity contribution < 1.29 is 9.59 Å². The van der Waals surface area contributed by atoms with Crippen molar-refractivity contribution in [3.8, 4) is 0 Å². The van der Waals surface area contributed by atoms with Crippen LogP contribution in [0.3, 0.4) is 0 Å². The SMILES string of the molecule is CC[C@H](C)N(CC(=O)N1CCc2sccc2[C@@H]1c1ccccc1)C(=O)[C@@H](C)Cl. The maximum Gasteiger partial charge on any atom is 0.243 e. The third-order valence-electron chi connectivity index (χ3n) is 5.45. The molecule has 1 aromatic carbocycles. The number of amides is 2. The number of hydrogen-bond acceptors (Lipinski definition) is 3. The van der Waals surface area contributed by atoms with Crippen molar-refractivity contribution in [3.63, 3.8) is 0 Å². The Hall–Kier alpha value is -1.85. The Balaban J connectivity index is 1.90. The highest BCUT2D eigenvalue weighted by Gasteiger charge is 2.35. The number of rotatable bonds is 6. The van der Waals surface area contributed by atoms with Crippen LogP contribution in [0, 0.1) is 0 Å². The van der Waals surface area contributed by atoms with Crippen LogP contribution in [0.15, 0.2) is 41.8 Å². The predicted octanol–water partition coefficient (Wildman–Crippen LogP) is 4.48. The molecule has 150 valence electrons. The van der Waals surface area contributed by atoms with E-state index in [-0.39, 0.29) is 30.4 Å². The lowest BCUT2D eigenvalue weighted by atomic mass is 9.93. The number of benzene rings is 1. The van der Waals surface area contributed by atoms with Gasteiger partial charge in [0.25, 0.3) is 0 Å². The second kappa shape index (κ2) is 9.10. The average molecular weight is 419 g/mol. The first-order valence-electron chi connectivity index (χ1n) is 9.79. The fourth-order valence-electron chi connectivity index (χ4n) is 3.72. The quantitative estimate of drug-likeness (QED) is 0.649. The number of halogens is 1. The van der Waals surface area contributed by atoms with Gasteiger partial charge in [0.2, 0.25) is 11.8 Å². The van der Waals surface area contributed by atoms with Crippen molar-refractivity contribution in [2.45, 2.75) is 51.1 Å².